The number of aryl methyl sites for hydroxylation is 1. The number of methoxy groups -OCH3 is 1. The van der Waals surface area contributed by atoms with E-state index in [0.29, 0.717) is 18.0 Å². The summed E-state index contributed by atoms with van der Waals surface area (Å²) >= 11 is 0. The molecule has 5 nitrogen and oxygen atoms in total. The second-order valence-corrected chi connectivity index (χ2v) is 7.07. The summed E-state index contributed by atoms with van der Waals surface area (Å²) < 4.78 is 47.1. The number of amides is 1. The summed E-state index contributed by atoms with van der Waals surface area (Å²) in [6, 6.07) is 10.0. The molecule has 2 heterocycles. The Hall–Kier alpha value is -3.03. The average molecular weight is 403 g/mol. The zero-order valence-electron chi connectivity index (χ0n) is 16.1. The first-order valence-electron chi connectivity index (χ1n) is 9.30. The van der Waals surface area contributed by atoms with Crippen LogP contribution in [0.5, 0.6) is 5.75 Å². The maximum atomic E-state index is 13.6. The number of carbonyl (C=O) groups is 1. The number of anilines is 1. The maximum Gasteiger partial charge on any atom is 0.449 e. The molecule has 3 aromatic rings. The highest BCUT2D eigenvalue weighted by molar-refractivity contribution is 5.97. The van der Waals surface area contributed by atoms with E-state index in [-0.39, 0.29) is 11.0 Å². The number of hydrogen-bond acceptors (Lipinski definition) is 3. The number of rotatable bonds is 3. The normalized spacial score (nSPS) is 14.2. The van der Waals surface area contributed by atoms with E-state index in [1.165, 1.54) is 13.2 Å². The zero-order chi connectivity index (χ0) is 20.8. The molecule has 1 aliphatic heterocycles. The van der Waals surface area contributed by atoms with Crippen molar-refractivity contribution in [2.75, 3.05) is 18.6 Å². The van der Waals surface area contributed by atoms with E-state index in [1.807, 2.05) is 13.0 Å². The van der Waals surface area contributed by atoms with E-state index in [1.54, 1.807) is 29.2 Å². The lowest BCUT2D eigenvalue weighted by Gasteiger charge is -2.32. The van der Waals surface area contributed by atoms with Gasteiger partial charge in [-0.3, -0.25) is 4.79 Å². The molecule has 0 saturated carbocycles. The topological polar surface area (TPSA) is 47.4 Å². The Bertz CT molecular complexity index is 1090. The van der Waals surface area contributed by atoms with E-state index >= 15 is 0 Å². The summed E-state index contributed by atoms with van der Waals surface area (Å²) in [7, 11) is 1.52. The Morgan fingerprint density at radius 3 is 2.69 bits per heavy atom. The highest BCUT2D eigenvalue weighted by Crippen LogP contribution is 2.39. The van der Waals surface area contributed by atoms with Crippen LogP contribution in [-0.2, 0) is 23.9 Å². The van der Waals surface area contributed by atoms with Crippen molar-refractivity contribution in [3.05, 3.63) is 53.3 Å². The number of carbonyl (C=O) groups excluding carboxylic acids is 1. The molecule has 0 bridgehead atoms. The van der Waals surface area contributed by atoms with Crippen LogP contribution in [0.25, 0.3) is 11.0 Å². The van der Waals surface area contributed by atoms with E-state index < -0.39 is 24.5 Å². The van der Waals surface area contributed by atoms with Crippen molar-refractivity contribution >= 4 is 22.6 Å². The lowest BCUT2D eigenvalue weighted by Crippen LogP contribution is -2.38. The predicted molar refractivity (Wildman–Crippen MR) is 103 cm³/mol. The quantitative estimate of drug-likeness (QED) is 0.653. The van der Waals surface area contributed by atoms with Gasteiger partial charge in [-0.1, -0.05) is 18.2 Å². The van der Waals surface area contributed by atoms with Crippen LogP contribution in [0.2, 0.25) is 0 Å². The van der Waals surface area contributed by atoms with Crippen molar-refractivity contribution in [3.8, 4) is 5.75 Å². The van der Waals surface area contributed by atoms with Gasteiger partial charge in [-0.05, 0) is 49.1 Å². The summed E-state index contributed by atoms with van der Waals surface area (Å²) in [5, 5.41) is 0. The van der Waals surface area contributed by atoms with Gasteiger partial charge < -0.3 is 14.2 Å². The first-order chi connectivity index (χ1) is 13.8. The lowest BCUT2D eigenvalue weighted by atomic mass is 9.96. The molecule has 152 valence electrons. The van der Waals surface area contributed by atoms with Gasteiger partial charge in [0.2, 0.25) is 11.7 Å². The monoisotopic (exact) mass is 403 g/mol. The summed E-state index contributed by atoms with van der Waals surface area (Å²) in [6.45, 7) is 1.93. The fraction of sp³-hybridized carbons (Fsp3) is 0.333. The van der Waals surface area contributed by atoms with Gasteiger partial charge in [0.1, 0.15) is 12.3 Å². The van der Waals surface area contributed by atoms with Gasteiger partial charge >= 0.3 is 6.18 Å². The molecule has 0 aliphatic carbocycles. The number of fused-ring (bicyclic) bond motifs is 2. The molecule has 8 heteroatoms. The fourth-order valence-corrected chi connectivity index (χ4v) is 3.94. The molecular formula is C21H20F3N3O2. The van der Waals surface area contributed by atoms with Gasteiger partial charge in [0, 0.05) is 6.54 Å². The number of alkyl halides is 3. The van der Waals surface area contributed by atoms with Crippen LogP contribution in [0, 0.1) is 6.92 Å². The highest BCUT2D eigenvalue weighted by Gasteiger charge is 2.38. The standard InChI is InChI=1S/C21H20F3N3O2/c1-13-9-10-17(29-2)19-14(13)6-5-11-26(19)18(28)12-27-16-8-4-3-7-15(16)25-20(27)21(22,23)24/h3-4,7-10H,5-6,11-12H2,1-2H3. The number of nitrogens with zero attached hydrogens (tertiary/aromatic N) is 3. The molecule has 4 rings (SSSR count). The Labute approximate surface area is 165 Å². The predicted octanol–water partition coefficient (Wildman–Crippen LogP) is 4.35. The fourth-order valence-electron chi connectivity index (χ4n) is 3.94. The SMILES string of the molecule is COc1ccc(C)c2c1N(C(=O)Cn1c(C(F)(F)F)nc3ccccc31)CCC2. The van der Waals surface area contributed by atoms with Crippen LogP contribution < -0.4 is 9.64 Å². The number of aromatic nitrogens is 2. The van der Waals surface area contributed by atoms with Gasteiger partial charge in [-0.15, -0.1) is 0 Å². The average Bonchev–Trinajstić information content (AvgIpc) is 3.07. The molecule has 0 atom stereocenters. The van der Waals surface area contributed by atoms with Crippen LogP contribution in [-0.4, -0.2) is 29.1 Å². The van der Waals surface area contributed by atoms with Crippen molar-refractivity contribution in [1.82, 2.24) is 9.55 Å². The third-order valence-electron chi connectivity index (χ3n) is 5.28. The van der Waals surface area contributed by atoms with Crippen molar-refractivity contribution in [1.29, 1.82) is 0 Å². The van der Waals surface area contributed by atoms with Crippen LogP contribution >= 0.6 is 0 Å². The highest BCUT2D eigenvalue weighted by atomic mass is 19.4. The summed E-state index contributed by atoms with van der Waals surface area (Å²) in [5.41, 5.74) is 3.17. The minimum atomic E-state index is -4.66. The minimum absolute atomic E-state index is 0.208. The summed E-state index contributed by atoms with van der Waals surface area (Å²) in [4.78, 5) is 18.4. The number of halogens is 3. The number of para-hydroxylation sites is 2. The van der Waals surface area contributed by atoms with Crippen LogP contribution in [0.4, 0.5) is 18.9 Å². The zero-order valence-corrected chi connectivity index (χ0v) is 16.1. The van der Waals surface area contributed by atoms with Gasteiger partial charge in [0.15, 0.2) is 0 Å². The molecule has 0 N–H and O–H groups in total. The van der Waals surface area contributed by atoms with Crippen molar-refractivity contribution < 1.29 is 22.7 Å². The summed E-state index contributed by atoms with van der Waals surface area (Å²) in [6.07, 6.45) is -3.12. The number of hydrogen-bond donors (Lipinski definition) is 0. The van der Waals surface area contributed by atoms with Crippen LogP contribution in [0.1, 0.15) is 23.4 Å². The summed E-state index contributed by atoms with van der Waals surface area (Å²) in [5.74, 6) is -0.950. The third-order valence-corrected chi connectivity index (χ3v) is 5.28. The molecule has 29 heavy (non-hydrogen) atoms. The van der Waals surface area contributed by atoms with E-state index in [2.05, 4.69) is 4.98 Å². The molecule has 0 unspecified atom stereocenters. The Morgan fingerprint density at radius 1 is 1.21 bits per heavy atom. The molecular weight excluding hydrogens is 383 g/mol. The lowest BCUT2D eigenvalue weighted by molar-refractivity contribution is -0.147. The maximum absolute atomic E-state index is 13.6. The van der Waals surface area contributed by atoms with Crippen molar-refractivity contribution in [2.24, 2.45) is 0 Å². The third kappa shape index (κ3) is 3.32. The first-order valence-corrected chi connectivity index (χ1v) is 9.30. The van der Waals surface area contributed by atoms with Crippen LogP contribution in [0.3, 0.4) is 0 Å². The van der Waals surface area contributed by atoms with Crippen molar-refractivity contribution in [2.45, 2.75) is 32.5 Å². The second-order valence-electron chi connectivity index (χ2n) is 7.07. The molecule has 1 amide bonds. The van der Waals surface area contributed by atoms with Gasteiger partial charge in [-0.2, -0.15) is 13.2 Å². The number of benzene rings is 2. The van der Waals surface area contributed by atoms with E-state index in [4.69, 9.17) is 4.74 Å². The van der Waals surface area contributed by atoms with Gasteiger partial charge in [0.25, 0.3) is 0 Å². The number of ether oxygens (including phenoxy) is 1. The van der Waals surface area contributed by atoms with Gasteiger partial charge in [-0.25, -0.2) is 4.98 Å². The van der Waals surface area contributed by atoms with E-state index in [0.717, 1.165) is 28.5 Å². The molecule has 0 radical (unpaired) electrons. The molecule has 0 spiro atoms. The van der Waals surface area contributed by atoms with Crippen LogP contribution in [0.15, 0.2) is 36.4 Å². The minimum Gasteiger partial charge on any atom is -0.495 e. The Balaban J connectivity index is 1.77. The van der Waals surface area contributed by atoms with Gasteiger partial charge in [0.05, 0.1) is 23.8 Å². The van der Waals surface area contributed by atoms with Crippen molar-refractivity contribution in [3.63, 3.8) is 0 Å². The molecule has 2 aromatic carbocycles. The van der Waals surface area contributed by atoms with E-state index in [9.17, 15) is 18.0 Å². The molecule has 0 fully saturated rings. The molecule has 1 aliphatic rings. The first kappa shape index (κ1) is 19.3. The molecule has 0 saturated heterocycles. The molecule has 1 aromatic heterocycles. The largest absolute Gasteiger partial charge is 0.495 e. The Kier molecular flexibility index (Phi) is 4.72. The second kappa shape index (κ2) is 7.09. The Morgan fingerprint density at radius 2 is 1.97 bits per heavy atom. The number of imidazole rings is 1. The smallest absolute Gasteiger partial charge is 0.449 e.